The molecule has 96 valence electrons. The van der Waals surface area contributed by atoms with Gasteiger partial charge in [0.15, 0.2) is 0 Å². The Balaban J connectivity index is 2.23. The average Bonchev–Trinajstić information content (AvgIpc) is 2.81. The van der Waals surface area contributed by atoms with Gasteiger partial charge in [0, 0.05) is 17.5 Å². The van der Waals surface area contributed by atoms with Crippen molar-refractivity contribution in [2.45, 2.75) is 13.5 Å². The minimum absolute atomic E-state index is 0.0757. The number of aryl methyl sites for hydroxylation is 1. The van der Waals surface area contributed by atoms with Gasteiger partial charge < -0.3 is 5.32 Å². The summed E-state index contributed by atoms with van der Waals surface area (Å²) in [5.74, 6) is 0. The van der Waals surface area contributed by atoms with Crippen LogP contribution in [0.5, 0.6) is 0 Å². The van der Waals surface area contributed by atoms with Crippen molar-refractivity contribution >= 4 is 22.7 Å². The first-order chi connectivity index (χ1) is 9.11. The monoisotopic (exact) mass is 273 g/mol. The summed E-state index contributed by atoms with van der Waals surface area (Å²) in [6.07, 6.45) is 0. The van der Waals surface area contributed by atoms with Crippen LogP contribution in [0, 0.1) is 28.4 Å². The zero-order valence-corrected chi connectivity index (χ0v) is 11.0. The fourth-order valence-corrected chi connectivity index (χ4v) is 2.51. The number of anilines is 1. The number of rotatable bonds is 4. The molecule has 0 saturated carbocycles. The maximum absolute atomic E-state index is 11.0. The van der Waals surface area contributed by atoms with Gasteiger partial charge in [-0.15, -0.1) is 11.3 Å². The normalized spacial score (nSPS) is 9.89. The summed E-state index contributed by atoms with van der Waals surface area (Å²) in [6, 6.07) is 8.32. The van der Waals surface area contributed by atoms with Crippen molar-refractivity contribution < 1.29 is 4.92 Å². The van der Waals surface area contributed by atoms with Crippen LogP contribution in [0.3, 0.4) is 0 Å². The highest BCUT2D eigenvalue weighted by atomic mass is 32.1. The average molecular weight is 273 g/mol. The van der Waals surface area contributed by atoms with Gasteiger partial charge in [-0.25, -0.2) is 0 Å². The molecular weight excluding hydrogens is 262 g/mol. The Hall–Kier alpha value is -2.39. The molecule has 1 N–H and O–H groups in total. The summed E-state index contributed by atoms with van der Waals surface area (Å²) in [5.41, 5.74) is 1.79. The summed E-state index contributed by atoms with van der Waals surface area (Å²) in [7, 11) is 0. The number of hydrogen-bond donors (Lipinski definition) is 1. The molecule has 0 radical (unpaired) electrons. The van der Waals surface area contributed by atoms with Crippen LogP contribution in [-0.4, -0.2) is 4.92 Å². The second kappa shape index (κ2) is 5.50. The van der Waals surface area contributed by atoms with E-state index in [2.05, 4.69) is 5.32 Å². The van der Waals surface area contributed by atoms with Gasteiger partial charge in [-0.1, -0.05) is 0 Å². The van der Waals surface area contributed by atoms with Crippen LogP contribution in [-0.2, 0) is 6.54 Å². The van der Waals surface area contributed by atoms with Gasteiger partial charge in [-0.3, -0.25) is 10.1 Å². The molecule has 1 aromatic carbocycles. The molecule has 19 heavy (non-hydrogen) atoms. The maximum Gasteiger partial charge on any atom is 0.293 e. The number of nitriles is 1. The van der Waals surface area contributed by atoms with Crippen LogP contribution in [0.15, 0.2) is 29.6 Å². The Labute approximate surface area is 114 Å². The molecule has 0 atom stereocenters. The number of hydrogen-bond acceptors (Lipinski definition) is 5. The largest absolute Gasteiger partial charge is 0.375 e. The lowest BCUT2D eigenvalue weighted by atomic mass is 10.2. The smallest absolute Gasteiger partial charge is 0.293 e. The molecule has 0 aliphatic carbocycles. The SMILES string of the molecule is Cc1ccsc1CNc1ccc(C#N)cc1[N+](=O)[O-]. The molecule has 0 unspecified atom stereocenters. The van der Waals surface area contributed by atoms with Crippen LogP contribution < -0.4 is 5.32 Å². The molecule has 5 nitrogen and oxygen atoms in total. The third-order valence-electron chi connectivity index (χ3n) is 2.73. The predicted octanol–water partition coefficient (Wildman–Crippen LogP) is 3.45. The van der Waals surface area contributed by atoms with Crippen molar-refractivity contribution in [1.29, 1.82) is 5.26 Å². The second-order valence-corrected chi connectivity index (χ2v) is 4.98. The van der Waals surface area contributed by atoms with Crippen molar-refractivity contribution in [1.82, 2.24) is 0 Å². The second-order valence-electron chi connectivity index (χ2n) is 3.98. The van der Waals surface area contributed by atoms with Crippen molar-refractivity contribution in [2.75, 3.05) is 5.32 Å². The summed E-state index contributed by atoms with van der Waals surface area (Å²) in [6.45, 7) is 2.54. The number of thiophene rings is 1. The Bertz CT molecular complexity index is 658. The summed E-state index contributed by atoms with van der Waals surface area (Å²) in [5, 5.41) is 24.8. The van der Waals surface area contributed by atoms with Gasteiger partial charge >= 0.3 is 0 Å². The molecular formula is C13H11N3O2S. The fraction of sp³-hybridized carbons (Fsp3) is 0.154. The van der Waals surface area contributed by atoms with Crippen LogP contribution >= 0.6 is 11.3 Å². The Morgan fingerprint density at radius 1 is 1.47 bits per heavy atom. The highest BCUT2D eigenvalue weighted by molar-refractivity contribution is 7.10. The van der Waals surface area contributed by atoms with E-state index in [1.807, 2.05) is 24.4 Å². The standard InChI is InChI=1S/C13H11N3O2S/c1-9-4-5-19-13(9)8-15-11-3-2-10(7-14)6-12(11)16(17)18/h2-6,15H,8H2,1H3. The van der Waals surface area contributed by atoms with E-state index in [1.165, 1.54) is 6.07 Å². The molecule has 0 bridgehead atoms. The maximum atomic E-state index is 11.0. The number of nitro benzene ring substituents is 1. The van der Waals surface area contributed by atoms with E-state index in [4.69, 9.17) is 5.26 Å². The first-order valence-corrected chi connectivity index (χ1v) is 6.45. The van der Waals surface area contributed by atoms with Crippen molar-refractivity contribution in [3.8, 4) is 6.07 Å². The van der Waals surface area contributed by atoms with Crippen LogP contribution in [0.2, 0.25) is 0 Å². The van der Waals surface area contributed by atoms with Crippen molar-refractivity contribution in [2.24, 2.45) is 0 Å². The summed E-state index contributed by atoms with van der Waals surface area (Å²) < 4.78 is 0. The molecule has 0 amide bonds. The van der Waals surface area contributed by atoms with Crippen molar-refractivity contribution in [3.63, 3.8) is 0 Å². The first kappa shape index (κ1) is 13.1. The van der Waals surface area contributed by atoms with Crippen LogP contribution in [0.4, 0.5) is 11.4 Å². The Morgan fingerprint density at radius 3 is 2.84 bits per heavy atom. The molecule has 0 aliphatic heterocycles. The van der Waals surface area contributed by atoms with E-state index in [1.54, 1.807) is 23.5 Å². The minimum Gasteiger partial charge on any atom is -0.375 e. The van der Waals surface area contributed by atoms with Gasteiger partial charge in [0.05, 0.1) is 16.6 Å². The highest BCUT2D eigenvalue weighted by Gasteiger charge is 2.14. The van der Waals surface area contributed by atoms with Gasteiger partial charge in [0.25, 0.3) is 5.69 Å². The van der Waals surface area contributed by atoms with E-state index in [0.29, 0.717) is 12.2 Å². The van der Waals surface area contributed by atoms with E-state index in [0.717, 1.165) is 10.4 Å². The van der Waals surface area contributed by atoms with Crippen LogP contribution in [0.25, 0.3) is 0 Å². The number of nitrogens with zero attached hydrogens (tertiary/aromatic N) is 2. The zero-order valence-electron chi connectivity index (χ0n) is 10.2. The Morgan fingerprint density at radius 2 is 2.26 bits per heavy atom. The number of nitro groups is 1. The Kier molecular flexibility index (Phi) is 3.78. The quantitative estimate of drug-likeness (QED) is 0.683. The molecule has 0 fully saturated rings. The summed E-state index contributed by atoms with van der Waals surface area (Å²) in [4.78, 5) is 11.6. The predicted molar refractivity (Wildman–Crippen MR) is 74.2 cm³/mol. The van der Waals surface area contributed by atoms with Crippen LogP contribution in [0.1, 0.15) is 16.0 Å². The highest BCUT2D eigenvalue weighted by Crippen LogP contribution is 2.26. The summed E-state index contributed by atoms with van der Waals surface area (Å²) >= 11 is 1.61. The third-order valence-corrected chi connectivity index (χ3v) is 3.75. The molecule has 1 heterocycles. The van der Waals surface area contributed by atoms with Gasteiger partial charge in [-0.2, -0.15) is 5.26 Å². The molecule has 0 aliphatic rings. The fourth-order valence-electron chi connectivity index (χ4n) is 1.66. The van der Waals surface area contributed by atoms with Crippen molar-refractivity contribution in [3.05, 3.63) is 55.8 Å². The third kappa shape index (κ3) is 2.89. The lowest BCUT2D eigenvalue weighted by Crippen LogP contribution is -2.02. The minimum atomic E-state index is -0.482. The zero-order chi connectivity index (χ0) is 13.8. The van der Waals surface area contributed by atoms with E-state index in [9.17, 15) is 10.1 Å². The molecule has 1 aromatic heterocycles. The molecule has 2 rings (SSSR count). The van der Waals surface area contributed by atoms with E-state index in [-0.39, 0.29) is 11.3 Å². The first-order valence-electron chi connectivity index (χ1n) is 5.57. The van der Waals surface area contributed by atoms with Gasteiger partial charge in [0.2, 0.25) is 0 Å². The topological polar surface area (TPSA) is 79.0 Å². The van der Waals surface area contributed by atoms with E-state index < -0.39 is 4.92 Å². The molecule has 2 aromatic rings. The molecule has 0 spiro atoms. The number of benzene rings is 1. The van der Waals surface area contributed by atoms with E-state index >= 15 is 0 Å². The lowest BCUT2D eigenvalue weighted by molar-refractivity contribution is -0.384. The van der Waals surface area contributed by atoms with Gasteiger partial charge in [-0.05, 0) is 36.1 Å². The molecule has 0 saturated heterocycles. The number of nitrogens with one attached hydrogen (secondary N) is 1. The lowest BCUT2D eigenvalue weighted by Gasteiger charge is -2.06. The molecule has 6 heteroatoms. The van der Waals surface area contributed by atoms with Gasteiger partial charge in [0.1, 0.15) is 5.69 Å².